The van der Waals surface area contributed by atoms with E-state index in [0.717, 1.165) is 5.69 Å². The summed E-state index contributed by atoms with van der Waals surface area (Å²) in [6.07, 6.45) is 0. The average Bonchev–Trinajstić information content (AvgIpc) is 2.97. The lowest BCUT2D eigenvalue weighted by atomic mass is 10.3. The summed E-state index contributed by atoms with van der Waals surface area (Å²) in [5, 5.41) is 15.2. The molecule has 5 nitrogen and oxygen atoms in total. The van der Waals surface area contributed by atoms with Crippen LogP contribution in [0.2, 0.25) is 0 Å². The summed E-state index contributed by atoms with van der Waals surface area (Å²) in [6, 6.07) is 7.19. The number of pyridine rings is 1. The zero-order valence-corrected chi connectivity index (χ0v) is 10.3. The van der Waals surface area contributed by atoms with E-state index < -0.39 is 0 Å². The van der Waals surface area contributed by atoms with Crippen LogP contribution in [0.25, 0.3) is 22.3 Å². The number of aryl methyl sites for hydroxylation is 1. The van der Waals surface area contributed by atoms with Crippen molar-refractivity contribution in [2.24, 2.45) is 0 Å². The third kappa shape index (κ3) is 1.86. The maximum absolute atomic E-state index is 9.59. The van der Waals surface area contributed by atoms with E-state index in [-0.39, 0.29) is 5.75 Å². The molecule has 0 bridgehead atoms. The average molecular weight is 259 g/mol. The summed E-state index contributed by atoms with van der Waals surface area (Å²) in [4.78, 5) is 9.12. The van der Waals surface area contributed by atoms with Crippen LogP contribution in [0.15, 0.2) is 34.2 Å². The molecule has 0 atom stereocenters. The molecular weight excluding hydrogens is 250 g/mol. The van der Waals surface area contributed by atoms with Crippen molar-refractivity contribution in [3.8, 4) is 28.0 Å². The summed E-state index contributed by atoms with van der Waals surface area (Å²) in [5.74, 6) is 0.870. The fraction of sp³-hybridized carbons (Fsp3) is 0.0833. The van der Waals surface area contributed by atoms with Crippen molar-refractivity contribution in [3.05, 3.63) is 35.3 Å². The van der Waals surface area contributed by atoms with Gasteiger partial charge in [-0.1, -0.05) is 11.2 Å². The van der Waals surface area contributed by atoms with Crippen LogP contribution in [0.5, 0.6) is 5.75 Å². The van der Waals surface area contributed by atoms with Crippen molar-refractivity contribution in [2.75, 3.05) is 0 Å². The monoisotopic (exact) mass is 259 g/mol. The van der Waals surface area contributed by atoms with E-state index in [4.69, 9.17) is 4.52 Å². The van der Waals surface area contributed by atoms with E-state index in [9.17, 15) is 5.11 Å². The van der Waals surface area contributed by atoms with Crippen molar-refractivity contribution in [1.29, 1.82) is 0 Å². The molecule has 18 heavy (non-hydrogen) atoms. The number of nitrogens with zero attached hydrogens (tertiary/aromatic N) is 3. The maximum Gasteiger partial charge on any atom is 0.272 e. The Morgan fingerprint density at radius 1 is 1.22 bits per heavy atom. The molecule has 0 aliphatic carbocycles. The summed E-state index contributed by atoms with van der Waals surface area (Å²) in [7, 11) is 0. The second-order valence-corrected chi connectivity index (χ2v) is 4.64. The molecule has 0 unspecified atom stereocenters. The lowest BCUT2D eigenvalue weighted by Crippen LogP contribution is -1.87. The number of hydrogen-bond donors (Lipinski definition) is 1. The lowest BCUT2D eigenvalue weighted by molar-refractivity contribution is 0.427. The topological polar surface area (TPSA) is 72.0 Å². The third-order valence-corrected chi connectivity index (χ3v) is 3.27. The Hall–Kier alpha value is -2.21. The van der Waals surface area contributed by atoms with Crippen LogP contribution in [0.4, 0.5) is 0 Å². The minimum Gasteiger partial charge on any atom is -0.506 e. The lowest BCUT2D eigenvalue weighted by Gasteiger charge is -1.94. The van der Waals surface area contributed by atoms with Crippen molar-refractivity contribution < 1.29 is 9.63 Å². The van der Waals surface area contributed by atoms with Crippen LogP contribution in [-0.2, 0) is 0 Å². The standard InChI is InChI=1S/C12H9N3O2S/c1-7-3-2-4-8(13-7)11-14-12(17-15-11)10-9(16)5-6-18-10/h2-6,16H,1H3. The number of aromatic nitrogens is 3. The molecule has 0 radical (unpaired) electrons. The molecule has 3 aromatic heterocycles. The zero-order valence-electron chi connectivity index (χ0n) is 9.49. The number of hydrogen-bond acceptors (Lipinski definition) is 6. The van der Waals surface area contributed by atoms with Crippen molar-refractivity contribution >= 4 is 11.3 Å². The highest BCUT2D eigenvalue weighted by Crippen LogP contribution is 2.33. The van der Waals surface area contributed by atoms with Gasteiger partial charge >= 0.3 is 0 Å². The van der Waals surface area contributed by atoms with Gasteiger partial charge in [0.25, 0.3) is 5.89 Å². The smallest absolute Gasteiger partial charge is 0.272 e. The molecule has 0 amide bonds. The van der Waals surface area contributed by atoms with Crippen molar-refractivity contribution in [2.45, 2.75) is 6.92 Å². The summed E-state index contributed by atoms with van der Waals surface area (Å²) in [5.41, 5.74) is 1.54. The van der Waals surface area contributed by atoms with Gasteiger partial charge in [0, 0.05) is 5.69 Å². The van der Waals surface area contributed by atoms with E-state index in [1.54, 1.807) is 11.4 Å². The second kappa shape index (κ2) is 4.23. The van der Waals surface area contributed by atoms with Gasteiger partial charge in [0.1, 0.15) is 16.3 Å². The Bertz CT molecular complexity index is 690. The molecule has 3 heterocycles. The normalized spacial score (nSPS) is 10.7. The van der Waals surface area contributed by atoms with E-state index in [1.165, 1.54) is 11.3 Å². The Labute approximate surface area is 107 Å². The fourth-order valence-electron chi connectivity index (χ4n) is 1.55. The largest absolute Gasteiger partial charge is 0.506 e. The highest BCUT2D eigenvalue weighted by atomic mass is 32.1. The summed E-state index contributed by atoms with van der Waals surface area (Å²) in [6.45, 7) is 1.90. The minimum atomic E-state index is 0.146. The summed E-state index contributed by atoms with van der Waals surface area (Å²) < 4.78 is 5.13. The number of thiophene rings is 1. The predicted octanol–water partition coefficient (Wildman–Crippen LogP) is 2.87. The quantitative estimate of drug-likeness (QED) is 0.766. The van der Waals surface area contributed by atoms with Gasteiger partial charge in [-0.05, 0) is 30.5 Å². The van der Waals surface area contributed by atoms with Gasteiger partial charge in [0.05, 0.1) is 0 Å². The molecule has 0 fully saturated rings. The van der Waals surface area contributed by atoms with Gasteiger partial charge in [-0.3, -0.25) is 0 Å². The molecule has 0 aromatic carbocycles. The van der Waals surface area contributed by atoms with Crippen molar-refractivity contribution in [3.63, 3.8) is 0 Å². The van der Waals surface area contributed by atoms with Crippen LogP contribution in [-0.4, -0.2) is 20.2 Å². The second-order valence-electron chi connectivity index (χ2n) is 3.72. The molecule has 0 spiro atoms. The first kappa shape index (κ1) is 10.9. The highest BCUT2D eigenvalue weighted by molar-refractivity contribution is 7.13. The Morgan fingerprint density at radius 2 is 2.11 bits per heavy atom. The van der Waals surface area contributed by atoms with Gasteiger partial charge in [-0.2, -0.15) is 4.98 Å². The number of rotatable bonds is 2. The molecule has 3 rings (SSSR count). The van der Waals surface area contributed by atoms with Crippen LogP contribution < -0.4 is 0 Å². The van der Waals surface area contributed by atoms with E-state index in [2.05, 4.69) is 15.1 Å². The van der Waals surface area contributed by atoms with Crippen LogP contribution in [0, 0.1) is 6.92 Å². The van der Waals surface area contributed by atoms with E-state index in [0.29, 0.717) is 22.3 Å². The van der Waals surface area contributed by atoms with Gasteiger partial charge < -0.3 is 9.63 Å². The molecule has 1 N–H and O–H groups in total. The first-order valence-corrected chi connectivity index (χ1v) is 6.16. The van der Waals surface area contributed by atoms with Gasteiger partial charge in [0.15, 0.2) is 0 Å². The van der Waals surface area contributed by atoms with Crippen LogP contribution >= 0.6 is 11.3 Å². The van der Waals surface area contributed by atoms with Crippen molar-refractivity contribution in [1.82, 2.24) is 15.1 Å². The van der Waals surface area contributed by atoms with E-state index in [1.807, 2.05) is 25.1 Å². The number of aromatic hydroxyl groups is 1. The first-order chi connectivity index (χ1) is 8.74. The predicted molar refractivity (Wildman–Crippen MR) is 67.2 cm³/mol. The van der Waals surface area contributed by atoms with Gasteiger partial charge in [0.2, 0.25) is 5.82 Å². The molecule has 0 aliphatic rings. The van der Waals surface area contributed by atoms with E-state index >= 15 is 0 Å². The molecule has 6 heteroatoms. The zero-order chi connectivity index (χ0) is 12.5. The Balaban J connectivity index is 2.02. The first-order valence-electron chi connectivity index (χ1n) is 5.28. The molecule has 0 saturated heterocycles. The fourth-order valence-corrected chi connectivity index (χ4v) is 2.26. The summed E-state index contributed by atoms with van der Waals surface area (Å²) >= 11 is 1.35. The maximum atomic E-state index is 9.59. The molecule has 0 aliphatic heterocycles. The SMILES string of the molecule is Cc1cccc(-c2noc(-c3sccc3O)n2)n1. The van der Waals surface area contributed by atoms with Gasteiger partial charge in [-0.25, -0.2) is 4.98 Å². The minimum absolute atomic E-state index is 0.146. The highest BCUT2D eigenvalue weighted by Gasteiger charge is 2.15. The molecule has 90 valence electrons. The Kier molecular flexibility index (Phi) is 2.56. The molecule has 3 aromatic rings. The molecular formula is C12H9N3O2S. The molecule has 0 saturated carbocycles. The van der Waals surface area contributed by atoms with Crippen LogP contribution in [0.1, 0.15) is 5.69 Å². The third-order valence-electron chi connectivity index (χ3n) is 2.38. The van der Waals surface area contributed by atoms with Crippen LogP contribution in [0.3, 0.4) is 0 Å². The van der Waals surface area contributed by atoms with Gasteiger partial charge in [-0.15, -0.1) is 11.3 Å². The Morgan fingerprint density at radius 3 is 2.83 bits per heavy atom.